The summed E-state index contributed by atoms with van der Waals surface area (Å²) < 4.78 is 31.1. The first-order valence-electron chi connectivity index (χ1n) is 5.30. The Morgan fingerprint density at radius 2 is 2.18 bits per heavy atom. The van der Waals surface area contributed by atoms with E-state index in [0.29, 0.717) is 19.4 Å². The molecule has 94 valence electrons. The van der Waals surface area contributed by atoms with Crippen molar-refractivity contribution in [2.75, 3.05) is 13.7 Å². The molecule has 0 aromatic heterocycles. The van der Waals surface area contributed by atoms with Crippen LogP contribution in [0.1, 0.15) is 23.2 Å². The zero-order valence-electron chi connectivity index (χ0n) is 9.58. The molecule has 0 saturated heterocycles. The third kappa shape index (κ3) is 3.57. The molecular weight excluding hydrogens is 228 g/mol. The molecule has 2 N–H and O–H groups in total. The van der Waals surface area contributed by atoms with E-state index >= 15 is 0 Å². The molecule has 1 aromatic rings. The molecule has 0 spiro atoms. The second kappa shape index (κ2) is 6.42. The average Bonchev–Trinajstić information content (AvgIpc) is 2.32. The van der Waals surface area contributed by atoms with Crippen LogP contribution in [0.5, 0.6) is 0 Å². The molecule has 0 aliphatic heterocycles. The van der Waals surface area contributed by atoms with E-state index in [9.17, 15) is 13.6 Å². The number of ether oxygens (including phenoxy) is 1. The van der Waals surface area contributed by atoms with Crippen LogP contribution in [0.25, 0.3) is 0 Å². The Morgan fingerprint density at radius 3 is 2.82 bits per heavy atom. The second-order valence-electron chi connectivity index (χ2n) is 3.71. The van der Waals surface area contributed by atoms with Crippen LogP contribution in [0.4, 0.5) is 8.78 Å². The summed E-state index contributed by atoms with van der Waals surface area (Å²) in [6.45, 7) is 0.479. The number of benzene rings is 1. The summed E-state index contributed by atoms with van der Waals surface area (Å²) in [5, 5.41) is 0. The summed E-state index contributed by atoms with van der Waals surface area (Å²) in [7, 11) is 1.54. The third-order valence-electron chi connectivity index (χ3n) is 2.42. The standard InChI is InChI=1S/C12H15F2NO2/c1-17-7-3-6-10(15)12(16)8-4-2-5-9(13)11(8)14/h2,4-5,10H,3,6-7,15H2,1H3. The average molecular weight is 243 g/mol. The smallest absolute Gasteiger partial charge is 0.182 e. The lowest BCUT2D eigenvalue weighted by atomic mass is 10.0. The van der Waals surface area contributed by atoms with Crippen molar-refractivity contribution in [3.63, 3.8) is 0 Å². The number of Topliss-reactive ketones (excluding diaryl/α,β-unsaturated/α-hetero) is 1. The van der Waals surface area contributed by atoms with Gasteiger partial charge in [-0.15, -0.1) is 0 Å². The van der Waals surface area contributed by atoms with Crippen LogP contribution >= 0.6 is 0 Å². The van der Waals surface area contributed by atoms with Gasteiger partial charge in [-0.2, -0.15) is 0 Å². The molecule has 0 aliphatic carbocycles. The first-order chi connectivity index (χ1) is 8.07. The summed E-state index contributed by atoms with van der Waals surface area (Å²) >= 11 is 0. The molecule has 1 aromatic carbocycles. The predicted octanol–water partition coefficient (Wildman–Crippen LogP) is 1.90. The summed E-state index contributed by atoms with van der Waals surface area (Å²) in [6.07, 6.45) is 0.975. The van der Waals surface area contributed by atoms with Gasteiger partial charge in [0, 0.05) is 13.7 Å². The number of methoxy groups -OCH3 is 1. The Hall–Kier alpha value is -1.33. The van der Waals surface area contributed by atoms with E-state index < -0.39 is 23.5 Å². The molecule has 3 nitrogen and oxygen atoms in total. The number of carbonyl (C=O) groups excluding carboxylic acids is 1. The molecular formula is C12H15F2NO2. The van der Waals surface area contributed by atoms with Crippen molar-refractivity contribution in [2.45, 2.75) is 18.9 Å². The zero-order valence-corrected chi connectivity index (χ0v) is 9.58. The molecule has 1 rings (SSSR count). The summed E-state index contributed by atoms with van der Waals surface area (Å²) in [5.74, 6) is -2.77. The van der Waals surface area contributed by atoms with Gasteiger partial charge in [0.25, 0.3) is 0 Å². The lowest BCUT2D eigenvalue weighted by molar-refractivity contribution is 0.0945. The van der Waals surface area contributed by atoms with Gasteiger partial charge < -0.3 is 10.5 Å². The van der Waals surface area contributed by atoms with Crippen LogP contribution in [0.15, 0.2) is 18.2 Å². The highest BCUT2D eigenvalue weighted by molar-refractivity contribution is 6.00. The zero-order chi connectivity index (χ0) is 12.8. The Kier molecular flexibility index (Phi) is 5.18. The van der Waals surface area contributed by atoms with Crippen LogP contribution in [0, 0.1) is 11.6 Å². The third-order valence-corrected chi connectivity index (χ3v) is 2.42. The van der Waals surface area contributed by atoms with E-state index in [1.54, 1.807) is 7.11 Å². The number of rotatable bonds is 6. The summed E-state index contributed by atoms with van der Waals surface area (Å²) in [6, 6.07) is 2.65. The lowest BCUT2D eigenvalue weighted by Gasteiger charge is -2.10. The largest absolute Gasteiger partial charge is 0.385 e. The van der Waals surface area contributed by atoms with Gasteiger partial charge >= 0.3 is 0 Å². The van der Waals surface area contributed by atoms with Crippen LogP contribution in [-0.4, -0.2) is 25.5 Å². The SMILES string of the molecule is COCCCC(N)C(=O)c1cccc(F)c1F. The first kappa shape index (κ1) is 13.7. The lowest BCUT2D eigenvalue weighted by Crippen LogP contribution is -2.31. The maximum atomic E-state index is 13.3. The van der Waals surface area contributed by atoms with Crippen LogP contribution in [0.3, 0.4) is 0 Å². The van der Waals surface area contributed by atoms with E-state index in [2.05, 4.69) is 0 Å². The van der Waals surface area contributed by atoms with Crippen molar-refractivity contribution >= 4 is 5.78 Å². The second-order valence-corrected chi connectivity index (χ2v) is 3.71. The van der Waals surface area contributed by atoms with Gasteiger partial charge in [-0.05, 0) is 25.0 Å². The van der Waals surface area contributed by atoms with Crippen molar-refractivity contribution in [1.29, 1.82) is 0 Å². The van der Waals surface area contributed by atoms with Crippen molar-refractivity contribution in [3.8, 4) is 0 Å². The first-order valence-corrected chi connectivity index (χ1v) is 5.30. The topological polar surface area (TPSA) is 52.3 Å². The van der Waals surface area contributed by atoms with Gasteiger partial charge in [0.1, 0.15) is 0 Å². The fourth-order valence-electron chi connectivity index (χ4n) is 1.47. The molecule has 1 atom stereocenters. The number of hydrogen-bond donors (Lipinski definition) is 1. The van der Waals surface area contributed by atoms with Crippen LogP contribution < -0.4 is 5.73 Å². The molecule has 0 saturated carbocycles. The Morgan fingerprint density at radius 1 is 1.47 bits per heavy atom. The van der Waals surface area contributed by atoms with E-state index in [-0.39, 0.29) is 5.56 Å². The monoisotopic (exact) mass is 243 g/mol. The van der Waals surface area contributed by atoms with E-state index in [1.807, 2.05) is 0 Å². The van der Waals surface area contributed by atoms with Gasteiger partial charge in [0.05, 0.1) is 11.6 Å². The highest BCUT2D eigenvalue weighted by atomic mass is 19.2. The highest BCUT2D eigenvalue weighted by Crippen LogP contribution is 2.14. The number of ketones is 1. The molecule has 0 fully saturated rings. The molecule has 0 amide bonds. The Balaban J connectivity index is 2.71. The van der Waals surface area contributed by atoms with Crippen molar-refractivity contribution in [3.05, 3.63) is 35.4 Å². The van der Waals surface area contributed by atoms with Crippen molar-refractivity contribution in [2.24, 2.45) is 5.73 Å². The van der Waals surface area contributed by atoms with E-state index in [1.165, 1.54) is 12.1 Å². The van der Waals surface area contributed by atoms with E-state index in [0.717, 1.165) is 6.07 Å². The fraction of sp³-hybridized carbons (Fsp3) is 0.417. The summed E-state index contributed by atoms with van der Waals surface area (Å²) in [4.78, 5) is 11.7. The maximum Gasteiger partial charge on any atom is 0.182 e. The molecule has 17 heavy (non-hydrogen) atoms. The van der Waals surface area contributed by atoms with Gasteiger partial charge in [-0.3, -0.25) is 4.79 Å². The van der Waals surface area contributed by atoms with Gasteiger partial charge in [-0.1, -0.05) is 6.07 Å². The van der Waals surface area contributed by atoms with Gasteiger partial charge in [0.15, 0.2) is 17.4 Å². The maximum absolute atomic E-state index is 13.3. The predicted molar refractivity (Wildman–Crippen MR) is 59.8 cm³/mol. The van der Waals surface area contributed by atoms with Gasteiger partial charge in [-0.25, -0.2) is 8.78 Å². The number of nitrogens with two attached hydrogens (primary N) is 1. The fourth-order valence-corrected chi connectivity index (χ4v) is 1.47. The molecule has 0 bridgehead atoms. The van der Waals surface area contributed by atoms with Crippen LogP contribution in [-0.2, 0) is 4.74 Å². The normalized spacial score (nSPS) is 12.5. The highest BCUT2D eigenvalue weighted by Gasteiger charge is 2.20. The molecule has 0 heterocycles. The minimum atomic E-state index is -1.14. The molecule has 5 heteroatoms. The quantitative estimate of drug-likeness (QED) is 0.613. The minimum Gasteiger partial charge on any atom is -0.385 e. The molecule has 1 unspecified atom stereocenters. The Bertz CT molecular complexity index is 396. The van der Waals surface area contributed by atoms with Crippen molar-refractivity contribution in [1.82, 2.24) is 0 Å². The van der Waals surface area contributed by atoms with Gasteiger partial charge in [0.2, 0.25) is 0 Å². The molecule has 0 aliphatic rings. The minimum absolute atomic E-state index is 0.296. The number of halogens is 2. The Labute approximate surface area is 98.6 Å². The van der Waals surface area contributed by atoms with E-state index in [4.69, 9.17) is 10.5 Å². The number of hydrogen-bond acceptors (Lipinski definition) is 3. The van der Waals surface area contributed by atoms with Crippen molar-refractivity contribution < 1.29 is 18.3 Å². The van der Waals surface area contributed by atoms with Crippen LogP contribution in [0.2, 0.25) is 0 Å². The summed E-state index contributed by atoms with van der Waals surface area (Å²) in [5.41, 5.74) is 5.32. The molecule has 0 radical (unpaired) electrons. The number of carbonyl (C=O) groups is 1.